The first-order chi connectivity index (χ1) is 8.81. The van der Waals surface area contributed by atoms with Crippen molar-refractivity contribution in [2.45, 2.75) is 19.4 Å². The average Bonchev–Trinajstić information content (AvgIpc) is 2.90. The minimum atomic E-state index is -0.0538. The van der Waals surface area contributed by atoms with E-state index in [-0.39, 0.29) is 5.56 Å². The Labute approximate surface area is 107 Å². The molecule has 0 aliphatic carbocycles. The first-order valence-corrected chi connectivity index (χ1v) is 6.27. The summed E-state index contributed by atoms with van der Waals surface area (Å²) >= 11 is 0. The Morgan fingerprint density at radius 2 is 2.22 bits per heavy atom. The Hall–Kier alpha value is -1.80. The van der Waals surface area contributed by atoms with Gasteiger partial charge in [0.1, 0.15) is 0 Å². The predicted octanol–water partition coefficient (Wildman–Crippen LogP) is 0.0663. The molecular formula is C13H18N4O. The molecule has 18 heavy (non-hydrogen) atoms. The van der Waals surface area contributed by atoms with E-state index < -0.39 is 0 Å². The Bertz CT molecular complexity index is 482. The average molecular weight is 246 g/mol. The van der Waals surface area contributed by atoms with E-state index in [2.05, 4.69) is 21.2 Å². The molecule has 0 amide bonds. The van der Waals surface area contributed by atoms with Gasteiger partial charge in [-0.2, -0.15) is 5.10 Å². The first-order valence-electron chi connectivity index (χ1n) is 6.27. The molecule has 1 N–H and O–H groups in total. The van der Waals surface area contributed by atoms with Crippen molar-refractivity contribution in [2.75, 3.05) is 31.1 Å². The van der Waals surface area contributed by atoms with Crippen molar-refractivity contribution in [1.82, 2.24) is 15.1 Å². The molecule has 1 fully saturated rings. The lowest BCUT2D eigenvalue weighted by molar-refractivity contribution is 0.547. The summed E-state index contributed by atoms with van der Waals surface area (Å²) in [7, 11) is 0. The summed E-state index contributed by atoms with van der Waals surface area (Å²) in [6.45, 7) is 3.76. The summed E-state index contributed by atoms with van der Waals surface area (Å²) in [5.74, 6) is 2.49. The largest absolute Gasteiger partial charge is 0.370 e. The number of nitrogens with zero attached hydrogens (tertiary/aromatic N) is 3. The van der Waals surface area contributed by atoms with Gasteiger partial charge in [-0.1, -0.05) is 5.92 Å². The summed E-state index contributed by atoms with van der Waals surface area (Å²) in [6.07, 6.45) is 9.28. The molecule has 5 nitrogen and oxygen atoms in total. The van der Waals surface area contributed by atoms with Crippen LogP contribution in [0.2, 0.25) is 0 Å². The van der Waals surface area contributed by atoms with Gasteiger partial charge >= 0.3 is 0 Å². The van der Waals surface area contributed by atoms with Crippen LogP contribution >= 0.6 is 0 Å². The standard InChI is InChI=1S/C13H18N4O/c1-2-5-14-6-9-17-13(18)10-12(11-15-17)16-7-3-4-8-16/h1,10-11,14H,3-9H2. The summed E-state index contributed by atoms with van der Waals surface area (Å²) < 4.78 is 1.46. The van der Waals surface area contributed by atoms with Crippen LogP contribution in [0.3, 0.4) is 0 Å². The maximum absolute atomic E-state index is 11.9. The number of nitrogens with one attached hydrogen (secondary N) is 1. The smallest absolute Gasteiger partial charge is 0.268 e. The third-order valence-electron chi connectivity index (χ3n) is 3.05. The molecule has 0 bridgehead atoms. The lowest BCUT2D eigenvalue weighted by Gasteiger charge is -2.17. The van der Waals surface area contributed by atoms with Crippen molar-refractivity contribution in [2.24, 2.45) is 0 Å². The number of aromatic nitrogens is 2. The van der Waals surface area contributed by atoms with Crippen LogP contribution in [0.15, 0.2) is 17.1 Å². The van der Waals surface area contributed by atoms with Crippen LogP contribution in [0.1, 0.15) is 12.8 Å². The van der Waals surface area contributed by atoms with Gasteiger partial charge in [-0.05, 0) is 12.8 Å². The predicted molar refractivity (Wildman–Crippen MR) is 71.6 cm³/mol. The SMILES string of the molecule is C#CCNCCn1ncc(N2CCCC2)cc1=O. The maximum Gasteiger partial charge on any atom is 0.268 e. The molecule has 0 radical (unpaired) electrons. The van der Waals surface area contributed by atoms with E-state index in [0.717, 1.165) is 18.8 Å². The van der Waals surface area contributed by atoms with Crippen molar-refractivity contribution >= 4 is 5.69 Å². The third kappa shape index (κ3) is 3.11. The van der Waals surface area contributed by atoms with Crippen LogP contribution in [0.5, 0.6) is 0 Å². The summed E-state index contributed by atoms with van der Waals surface area (Å²) in [4.78, 5) is 14.1. The topological polar surface area (TPSA) is 50.2 Å². The van der Waals surface area contributed by atoms with Gasteiger partial charge in [0.15, 0.2) is 0 Å². The number of rotatable bonds is 5. The maximum atomic E-state index is 11.9. The van der Waals surface area contributed by atoms with Crippen molar-refractivity contribution in [3.8, 4) is 12.3 Å². The van der Waals surface area contributed by atoms with E-state index >= 15 is 0 Å². The first kappa shape index (κ1) is 12.7. The molecule has 2 heterocycles. The van der Waals surface area contributed by atoms with E-state index in [1.54, 1.807) is 12.3 Å². The molecule has 1 aromatic heterocycles. The molecule has 0 atom stereocenters. The summed E-state index contributed by atoms with van der Waals surface area (Å²) in [6, 6.07) is 1.67. The van der Waals surface area contributed by atoms with Crippen molar-refractivity contribution in [1.29, 1.82) is 0 Å². The van der Waals surface area contributed by atoms with E-state index in [1.807, 2.05) is 0 Å². The molecule has 0 unspecified atom stereocenters. The second-order valence-electron chi connectivity index (χ2n) is 4.35. The Morgan fingerprint density at radius 3 is 2.89 bits per heavy atom. The minimum Gasteiger partial charge on any atom is -0.370 e. The molecular weight excluding hydrogens is 228 g/mol. The van der Waals surface area contributed by atoms with E-state index in [1.165, 1.54) is 17.5 Å². The second kappa shape index (κ2) is 6.22. The van der Waals surface area contributed by atoms with Crippen LogP contribution in [-0.4, -0.2) is 36.0 Å². The second-order valence-corrected chi connectivity index (χ2v) is 4.35. The number of hydrogen-bond donors (Lipinski definition) is 1. The van der Waals surface area contributed by atoms with Gasteiger partial charge in [0.05, 0.1) is 25.0 Å². The third-order valence-corrected chi connectivity index (χ3v) is 3.05. The van der Waals surface area contributed by atoms with Gasteiger partial charge < -0.3 is 10.2 Å². The fourth-order valence-electron chi connectivity index (χ4n) is 2.09. The zero-order chi connectivity index (χ0) is 12.8. The van der Waals surface area contributed by atoms with Crippen LogP contribution in [0, 0.1) is 12.3 Å². The quantitative estimate of drug-likeness (QED) is 0.590. The molecule has 2 rings (SSSR count). The fourth-order valence-corrected chi connectivity index (χ4v) is 2.09. The Kier molecular flexibility index (Phi) is 4.37. The van der Waals surface area contributed by atoms with Crippen molar-refractivity contribution in [3.63, 3.8) is 0 Å². The zero-order valence-corrected chi connectivity index (χ0v) is 10.4. The Balaban J connectivity index is 1.97. The van der Waals surface area contributed by atoms with Gasteiger partial charge in [0.2, 0.25) is 0 Å². The highest BCUT2D eigenvalue weighted by molar-refractivity contribution is 5.43. The molecule has 1 aliphatic rings. The van der Waals surface area contributed by atoms with Gasteiger partial charge in [0, 0.05) is 25.7 Å². The number of hydrogen-bond acceptors (Lipinski definition) is 4. The lowest BCUT2D eigenvalue weighted by atomic mass is 10.4. The molecule has 1 saturated heterocycles. The molecule has 5 heteroatoms. The highest BCUT2D eigenvalue weighted by atomic mass is 16.1. The van der Waals surface area contributed by atoms with Crippen LogP contribution in [-0.2, 0) is 6.54 Å². The minimum absolute atomic E-state index is 0.0538. The molecule has 0 saturated carbocycles. The Morgan fingerprint density at radius 1 is 1.44 bits per heavy atom. The molecule has 1 aromatic rings. The fraction of sp³-hybridized carbons (Fsp3) is 0.538. The van der Waals surface area contributed by atoms with Crippen LogP contribution in [0.25, 0.3) is 0 Å². The molecule has 1 aliphatic heterocycles. The normalized spacial score (nSPS) is 14.7. The van der Waals surface area contributed by atoms with Crippen molar-refractivity contribution in [3.05, 3.63) is 22.6 Å². The van der Waals surface area contributed by atoms with E-state index in [4.69, 9.17) is 6.42 Å². The van der Waals surface area contributed by atoms with E-state index in [9.17, 15) is 4.79 Å². The lowest BCUT2D eigenvalue weighted by Crippen LogP contribution is -2.30. The highest BCUT2D eigenvalue weighted by Crippen LogP contribution is 2.16. The van der Waals surface area contributed by atoms with Gasteiger partial charge in [-0.15, -0.1) is 6.42 Å². The van der Waals surface area contributed by atoms with Gasteiger partial charge in [-0.25, -0.2) is 4.68 Å². The summed E-state index contributed by atoms with van der Waals surface area (Å²) in [5.41, 5.74) is 0.882. The van der Waals surface area contributed by atoms with Crippen molar-refractivity contribution < 1.29 is 0 Å². The van der Waals surface area contributed by atoms with Gasteiger partial charge in [0.25, 0.3) is 5.56 Å². The number of terminal acetylenes is 1. The number of anilines is 1. The van der Waals surface area contributed by atoms with Gasteiger partial charge in [-0.3, -0.25) is 4.79 Å². The zero-order valence-electron chi connectivity index (χ0n) is 10.4. The summed E-state index contributed by atoms with van der Waals surface area (Å²) in [5, 5.41) is 7.23. The molecule has 0 aromatic carbocycles. The molecule has 0 spiro atoms. The highest BCUT2D eigenvalue weighted by Gasteiger charge is 2.13. The van der Waals surface area contributed by atoms with E-state index in [0.29, 0.717) is 19.6 Å². The monoisotopic (exact) mass is 246 g/mol. The molecule has 96 valence electrons. The van der Waals surface area contributed by atoms with Crippen LogP contribution in [0.4, 0.5) is 5.69 Å². The van der Waals surface area contributed by atoms with Crippen LogP contribution < -0.4 is 15.8 Å².